The Morgan fingerprint density at radius 2 is 1.03 bits per heavy atom. The molecule has 0 bridgehead atoms. The van der Waals surface area contributed by atoms with Crippen LogP contribution in [0.25, 0.3) is 0 Å². The minimum atomic E-state index is -3.77. The molecule has 2 aromatic heterocycles. The molecule has 4 heterocycles. The minimum absolute atomic E-state index is 0.0821. The molecule has 0 aliphatic carbocycles. The van der Waals surface area contributed by atoms with Gasteiger partial charge >= 0.3 is 0 Å². The van der Waals surface area contributed by atoms with Crippen LogP contribution in [0, 0.1) is 0 Å². The Labute approximate surface area is 391 Å². The van der Waals surface area contributed by atoms with Gasteiger partial charge in [-0.05, 0) is 70.4 Å². The number of carbonyl (C=O) groups is 2. The van der Waals surface area contributed by atoms with Crippen molar-refractivity contribution < 1.29 is 36.0 Å². The van der Waals surface area contributed by atoms with Crippen LogP contribution in [0.1, 0.15) is 61.3 Å². The van der Waals surface area contributed by atoms with Gasteiger partial charge in [0.15, 0.2) is 10.3 Å². The molecule has 2 saturated heterocycles. The molecular formula is C46H56N6O8S4Si. The number of benzene rings is 4. The average molecular weight is 977 g/mol. The summed E-state index contributed by atoms with van der Waals surface area (Å²) < 4.78 is 61.7. The number of aliphatic hydroxyl groups is 1. The maximum absolute atomic E-state index is 13.8. The molecule has 65 heavy (non-hydrogen) atoms. The summed E-state index contributed by atoms with van der Waals surface area (Å²) in [7, 11) is -10.4. The van der Waals surface area contributed by atoms with E-state index in [9.17, 15) is 31.5 Å². The van der Waals surface area contributed by atoms with Gasteiger partial charge < -0.3 is 19.3 Å². The molecule has 4 aromatic carbocycles. The Kier molecular flexibility index (Phi) is 17.4. The number of aromatic nitrogens is 2. The van der Waals surface area contributed by atoms with E-state index in [1.807, 2.05) is 64.1 Å². The monoisotopic (exact) mass is 976 g/mol. The highest BCUT2D eigenvalue weighted by atomic mass is 32.2. The average Bonchev–Trinajstić information content (AvgIpc) is 4.15. The van der Waals surface area contributed by atoms with E-state index in [2.05, 4.69) is 64.4 Å². The van der Waals surface area contributed by atoms with Crippen LogP contribution in [0.3, 0.4) is 0 Å². The molecule has 19 heteroatoms. The maximum Gasteiger partial charge on any atom is 0.263 e. The summed E-state index contributed by atoms with van der Waals surface area (Å²) in [5.74, 6) is -0.476. The van der Waals surface area contributed by atoms with Crippen molar-refractivity contribution in [3.63, 3.8) is 0 Å². The van der Waals surface area contributed by atoms with Gasteiger partial charge in [-0.2, -0.15) is 0 Å². The molecule has 0 spiro atoms. The van der Waals surface area contributed by atoms with Crippen molar-refractivity contribution in [1.82, 2.24) is 9.97 Å². The second-order valence-electron chi connectivity index (χ2n) is 15.2. The van der Waals surface area contributed by atoms with Gasteiger partial charge in [-0.25, -0.2) is 26.8 Å². The number of hydrogen-bond acceptors (Lipinski definition) is 12. The van der Waals surface area contributed by atoms with Crippen LogP contribution < -0.4 is 29.6 Å². The number of thiazole rings is 2. The number of carbonyl (C=O) groups excluding carboxylic acids is 2. The van der Waals surface area contributed by atoms with Gasteiger partial charge in [0.1, 0.15) is 12.2 Å². The summed E-state index contributed by atoms with van der Waals surface area (Å²) in [5, 5.41) is 15.4. The third kappa shape index (κ3) is 11.8. The number of nitrogens with zero attached hydrogens (tertiary/aromatic N) is 4. The van der Waals surface area contributed by atoms with Gasteiger partial charge in [-0.15, -0.1) is 22.7 Å². The maximum atomic E-state index is 13.8. The Bertz CT molecular complexity index is 2610. The molecule has 6 aromatic rings. The summed E-state index contributed by atoms with van der Waals surface area (Å²) >= 11 is 2.39. The first-order valence-electron chi connectivity index (χ1n) is 21.2. The molecule has 2 unspecified atom stereocenters. The zero-order chi connectivity index (χ0) is 47.4. The van der Waals surface area contributed by atoms with E-state index in [1.54, 1.807) is 39.9 Å². The van der Waals surface area contributed by atoms with Gasteiger partial charge in [-0.3, -0.25) is 19.0 Å². The van der Waals surface area contributed by atoms with Crippen LogP contribution in [0.4, 0.5) is 21.6 Å². The molecule has 8 rings (SSSR count). The Morgan fingerprint density at radius 3 is 1.38 bits per heavy atom. The first-order valence-corrected chi connectivity index (χ1v) is 27.9. The predicted molar refractivity (Wildman–Crippen MR) is 264 cm³/mol. The Hall–Kier alpha value is -5.28. The lowest BCUT2D eigenvalue weighted by Crippen LogP contribution is -2.68. The van der Waals surface area contributed by atoms with Crippen molar-refractivity contribution >= 4 is 94.9 Å². The van der Waals surface area contributed by atoms with Crippen LogP contribution in [-0.2, 0) is 34.1 Å². The Balaban J connectivity index is 0.000000258. The van der Waals surface area contributed by atoms with E-state index in [0.29, 0.717) is 47.6 Å². The fourth-order valence-electron chi connectivity index (χ4n) is 7.35. The summed E-state index contributed by atoms with van der Waals surface area (Å²) in [5.41, 5.74) is 1.21. The van der Waals surface area contributed by atoms with Gasteiger partial charge in [0.05, 0.1) is 9.79 Å². The minimum Gasteiger partial charge on any atom is -0.395 e. The van der Waals surface area contributed by atoms with Crippen molar-refractivity contribution in [3.8, 4) is 0 Å². The molecule has 14 nitrogen and oxygen atoms in total. The summed E-state index contributed by atoms with van der Waals surface area (Å²) in [6, 6.07) is 32.8. The molecule has 2 amide bonds. The smallest absolute Gasteiger partial charge is 0.263 e. The quantitative estimate of drug-likeness (QED) is 0.103. The third-order valence-electron chi connectivity index (χ3n) is 10.3. The fourth-order valence-corrected chi connectivity index (χ4v) is 15.6. The van der Waals surface area contributed by atoms with Gasteiger partial charge in [0.2, 0.25) is 0 Å². The highest BCUT2D eigenvalue weighted by Crippen LogP contribution is 2.39. The Morgan fingerprint density at radius 1 is 0.631 bits per heavy atom. The van der Waals surface area contributed by atoms with Gasteiger partial charge in [0, 0.05) is 54.0 Å². The zero-order valence-electron chi connectivity index (χ0n) is 37.4. The molecule has 0 saturated carbocycles. The van der Waals surface area contributed by atoms with E-state index in [-0.39, 0.29) is 26.6 Å². The lowest BCUT2D eigenvalue weighted by molar-refractivity contribution is -0.124. The number of sulfonamides is 2. The van der Waals surface area contributed by atoms with Gasteiger partial charge in [-0.1, -0.05) is 109 Å². The van der Waals surface area contributed by atoms with Crippen molar-refractivity contribution in [2.75, 3.05) is 32.3 Å². The van der Waals surface area contributed by atoms with Crippen molar-refractivity contribution in [2.45, 2.75) is 88.3 Å². The number of rotatable bonds is 12. The van der Waals surface area contributed by atoms with Crippen LogP contribution in [0.5, 0.6) is 0 Å². The van der Waals surface area contributed by atoms with Crippen LogP contribution in [0.15, 0.2) is 142 Å². The van der Waals surface area contributed by atoms with E-state index >= 15 is 0 Å². The largest absolute Gasteiger partial charge is 0.395 e. The highest BCUT2D eigenvalue weighted by Gasteiger charge is 2.53. The number of hydrogen-bond donors (Lipinski definition) is 3. The molecular weight excluding hydrogens is 921 g/mol. The first kappa shape index (κ1) is 50.7. The van der Waals surface area contributed by atoms with E-state index in [0.717, 1.165) is 10.4 Å². The number of aliphatic hydroxyl groups excluding tert-OH is 1. The van der Waals surface area contributed by atoms with Crippen molar-refractivity contribution in [1.29, 1.82) is 0 Å². The van der Waals surface area contributed by atoms with Crippen molar-refractivity contribution in [3.05, 3.63) is 132 Å². The van der Waals surface area contributed by atoms with E-state index in [1.165, 1.54) is 64.2 Å². The summed E-state index contributed by atoms with van der Waals surface area (Å²) in [4.78, 5) is 36.7. The molecule has 0 radical (unpaired) electrons. The van der Waals surface area contributed by atoms with E-state index < -0.39 is 40.6 Å². The molecule has 2 atom stereocenters. The molecule has 2 aliphatic rings. The lowest BCUT2D eigenvalue weighted by atomic mass is 10.2. The molecule has 2 aliphatic heterocycles. The normalized spacial score (nSPS) is 16.4. The second-order valence-corrected chi connectivity index (χ2v) is 24.6. The number of amides is 2. The van der Waals surface area contributed by atoms with E-state index in [4.69, 9.17) is 4.43 Å². The van der Waals surface area contributed by atoms with Crippen LogP contribution in [0.2, 0.25) is 5.04 Å². The van der Waals surface area contributed by atoms with Crippen molar-refractivity contribution in [2.24, 2.45) is 0 Å². The summed E-state index contributed by atoms with van der Waals surface area (Å²) in [6.07, 6.45) is 2.40. The zero-order valence-corrected chi connectivity index (χ0v) is 41.7. The van der Waals surface area contributed by atoms with Crippen LogP contribution >= 0.6 is 22.7 Å². The fraction of sp³-hybridized carbons (Fsp3) is 0.304. The molecule has 346 valence electrons. The standard InChI is InChI=1S/C29H31N3O4S2Si.C13H13N3O4S2.2C2H6/c1-29(2,3)39(24-10-6-4-7-11-24,25-12-8-5-9-13-25)36-26-18-20-32(27(26)33)22-14-16-23(17-15-22)38(34,35)31-28-30-19-21-37-28;17-11-5-7-16(12(11)18)9-1-3-10(4-2-9)22(19,20)15-13-14-6-8-21-13;2*1-2/h4-17,19,21,26H,18,20H2,1-3H3,(H,30,31);1-4,6,8,11,17H,5,7H2,(H,14,15);2*1-2H3. The molecule has 2 fully saturated rings. The SMILES string of the molecule is CC.CC.CC(C)(C)[Si](OC1CCN(c2ccc(S(=O)(=O)Nc3nccs3)cc2)C1=O)(c1ccccc1)c1ccccc1.O=C1C(O)CCN1c1ccc(S(=O)(=O)Nc2nccs2)cc1. The lowest BCUT2D eigenvalue weighted by Gasteiger charge is -2.44. The topological polar surface area (TPSA) is 188 Å². The number of nitrogens with one attached hydrogen (secondary N) is 2. The van der Waals surface area contributed by atoms with Gasteiger partial charge in [0.25, 0.3) is 40.2 Å². The van der Waals surface area contributed by atoms with Crippen LogP contribution in [-0.4, -0.2) is 77.3 Å². The number of anilines is 4. The second kappa shape index (κ2) is 22.3. The molecule has 3 N–H and O–H groups in total. The first-order chi connectivity index (χ1) is 31.1. The third-order valence-corrected chi connectivity index (χ3v) is 19.7. The predicted octanol–water partition coefficient (Wildman–Crippen LogP) is 7.72. The summed E-state index contributed by atoms with van der Waals surface area (Å²) in [6.45, 7) is 15.5. The highest BCUT2D eigenvalue weighted by molar-refractivity contribution is 7.93.